The van der Waals surface area contributed by atoms with Crippen LogP contribution in [0, 0.1) is 13.8 Å². The summed E-state index contributed by atoms with van der Waals surface area (Å²) in [6.07, 6.45) is 0.655. The van der Waals surface area contributed by atoms with Crippen molar-refractivity contribution in [3.8, 4) is 5.75 Å². The molecule has 0 heterocycles. The Hall–Kier alpha value is -1.02. The van der Waals surface area contributed by atoms with Crippen LogP contribution in [-0.2, 0) is 6.42 Å². The molecule has 0 spiro atoms. The van der Waals surface area contributed by atoms with E-state index >= 15 is 0 Å². The van der Waals surface area contributed by atoms with Crippen LogP contribution in [0.4, 0.5) is 0 Å². The summed E-state index contributed by atoms with van der Waals surface area (Å²) in [7, 11) is 0. The molecule has 0 bridgehead atoms. The predicted molar refractivity (Wildman–Crippen MR) is 71.1 cm³/mol. The number of hydrogen-bond acceptors (Lipinski definition) is 2. The minimum atomic E-state index is 0.156. The molecule has 94 valence electrons. The molecular weight excluding hydrogens is 200 g/mol. The van der Waals surface area contributed by atoms with E-state index in [4.69, 9.17) is 5.11 Å². The first-order valence-corrected chi connectivity index (χ1v) is 6.05. The number of aryl methyl sites for hydroxylation is 2. The van der Waals surface area contributed by atoms with E-state index in [2.05, 4.69) is 0 Å². The molecule has 0 radical (unpaired) electrons. The van der Waals surface area contributed by atoms with E-state index in [1.165, 1.54) is 0 Å². The van der Waals surface area contributed by atoms with Crippen LogP contribution in [0.15, 0.2) is 12.1 Å². The molecule has 2 N–H and O–H groups in total. The Morgan fingerprint density at radius 3 is 1.62 bits per heavy atom. The van der Waals surface area contributed by atoms with Crippen LogP contribution < -0.4 is 0 Å². The van der Waals surface area contributed by atoms with Crippen molar-refractivity contribution < 1.29 is 10.2 Å². The first-order chi connectivity index (χ1) is 7.65. The molecule has 0 saturated carbocycles. The van der Waals surface area contributed by atoms with Crippen molar-refractivity contribution in [2.75, 3.05) is 6.61 Å². The Balaban J connectivity index is 0. The fourth-order valence-corrected chi connectivity index (χ4v) is 1.32. The average Bonchev–Trinajstić information content (AvgIpc) is 2.31. The lowest BCUT2D eigenvalue weighted by Gasteiger charge is -2.06. The molecule has 2 nitrogen and oxygen atoms in total. The Bertz CT molecular complexity index is 257. The van der Waals surface area contributed by atoms with Gasteiger partial charge < -0.3 is 10.2 Å². The van der Waals surface area contributed by atoms with Gasteiger partial charge >= 0.3 is 0 Å². The highest BCUT2D eigenvalue weighted by Gasteiger charge is 2.02. The second-order valence-electron chi connectivity index (χ2n) is 3.05. The Kier molecular flexibility index (Phi) is 11.4. The zero-order valence-electron chi connectivity index (χ0n) is 11.5. The predicted octanol–water partition coefficient (Wildman–Crippen LogP) is 3.60. The maximum atomic E-state index is 9.44. The highest BCUT2D eigenvalue weighted by molar-refractivity contribution is 5.42. The second kappa shape index (κ2) is 10.5. The molecule has 0 fully saturated rings. The monoisotopic (exact) mass is 226 g/mol. The van der Waals surface area contributed by atoms with Crippen LogP contribution in [-0.4, -0.2) is 16.8 Å². The van der Waals surface area contributed by atoms with Crippen molar-refractivity contribution in [1.29, 1.82) is 0 Å². The van der Waals surface area contributed by atoms with Crippen LogP contribution in [0.25, 0.3) is 0 Å². The Morgan fingerprint density at radius 2 is 1.31 bits per heavy atom. The fourth-order valence-electron chi connectivity index (χ4n) is 1.32. The van der Waals surface area contributed by atoms with Crippen LogP contribution >= 0.6 is 0 Å². The van der Waals surface area contributed by atoms with Gasteiger partial charge in [-0.3, -0.25) is 0 Å². The molecule has 0 amide bonds. The maximum Gasteiger partial charge on any atom is 0.121 e. The zero-order valence-corrected chi connectivity index (χ0v) is 11.5. The minimum Gasteiger partial charge on any atom is -0.507 e. The largest absolute Gasteiger partial charge is 0.507 e. The lowest BCUT2D eigenvalue weighted by Crippen LogP contribution is -1.92. The summed E-state index contributed by atoms with van der Waals surface area (Å²) < 4.78 is 0. The molecule has 0 aliphatic heterocycles. The second-order valence-corrected chi connectivity index (χ2v) is 3.05. The van der Waals surface area contributed by atoms with E-state index in [0.29, 0.717) is 12.2 Å². The van der Waals surface area contributed by atoms with E-state index in [9.17, 15) is 5.11 Å². The number of phenolic OH excluding ortho intramolecular Hbond substituents is 1. The molecule has 1 aromatic carbocycles. The average molecular weight is 226 g/mol. The van der Waals surface area contributed by atoms with Gasteiger partial charge in [-0.05, 0) is 37.0 Å². The molecule has 2 heteroatoms. The van der Waals surface area contributed by atoms with Gasteiger partial charge in [0.05, 0.1) is 0 Å². The molecule has 0 unspecified atom stereocenters. The van der Waals surface area contributed by atoms with E-state index in [-0.39, 0.29) is 6.61 Å². The third kappa shape index (κ3) is 5.76. The first-order valence-electron chi connectivity index (χ1n) is 6.05. The highest BCUT2D eigenvalue weighted by Crippen LogP contribution is 2.22. The molecule has 1 aromatic rings. The molecule has 0 aliphatic rings. The maximum absolute atomic E-state index is 9.44. The van der Waals surface area contributed by atoms with Crippen molar-refractivity contribution in [2.24, 2.45) is 0 Å². The summed E-state index contributed by atoms with van der Waals surface area (Å²) in [4.78, 5) is 0. The van der Waals surface area contributed by atoms with Gasteiger partial charge in [0.15, 0.2) is 0 Å². The number of aromatic hydroxyl groups is 1. The number of hydrogen-bond donors (Lipinski definition) is 2. The van der Waals surface area contributed by atoms with Gasteiger partial charge in [0.2, 0.25) is 0 Å². The zero-order chi connectivity index (χ0) is 13.1. The van der Waals surface area contributed by atoms with Gasteiger partial charge in [-0.15, -0.1) is 0 Å². The topological polar surface area (TPSA) is 40.5 Å². The molecule has 0 aliphatic carbocycles. The van der Waals surface area contributed by atoms with Crippen molar-refractivity contribution in [3.63, 3.8) is 0 Å². The summed E-state index contributed by atoms with van der Waals surface area (Å²) in [6.45, 7) is 11.9. The van der Waals surface area contributed by atoms with Gasteiger partial charge in [0, 0.05) is 6.61 Å². The van der Waals surface area contributed by atoms with Crippen molar-refractivity contribution in [2.45, 2.75) is 48.0 Å². The third-order valence-corrected chi connectivity index (χ3v) is 1.95. The number of aliphatic hydroxyl groups is 1. The van der Waals surface area contributed by atoms with Gasteiger partial charge in [0.1, 0.15) is 5.75 Å². The van der Waals surface area contributed by atoms with Gasteiger partial charge in [-0.25, -0.2) is 0 Å². The quantitative estimate of drug-likeness (QED) is 0.809. The van der Waals surface area contributed by atoms with Crippen LogP contribution in [0.1, 0.15) is 44.4 Å². The number of phenols is 1. The molecular formula is C14H26O2. The molecule has 0 atom stereocenters. The van der Waals surface area contributed by atoms with Crippen molar-refractivity contribution >= 4 is 0 Å². The molecule has 0 saturated heterocycles. The smallest absolute Gasteiger partial charge is 0.121 e. The van der Waals surface area contributed by atoms with Gasteiger partial charge in [-0.2, -0.15) is 0 Å². The minimum absolute atomic E-state index is 0.156. The fraction of sp³-hybridized carbons (Fsp3) is 0.571. The Morgan fingerprint density at radius 1 is 0.938 bits per heavy atom. The van der Waals surface area contributed by atoms with Crippen molar-refractivity contribution in [3.05, 3.63) is 28.8 Å². The number of aliphatic hydroxyl groups excluding tert-OH is 1. The van der Waals surface area contributed by atoms with Crippen LogP contribution in [0.5, 0.6) is 5.75 Å². The lowest BCUT2D eigenvalue weighted by molar-refractivity contribution is 0.299. The van der Waals surface area contributed by atoms with Crippen LogP contribution in [0.2, 0.25) is 0 Å². The van der Waals surface area contributed by atoms with Crippen LogP contribution in [0.3, 0.4) is 0 Å². The summed E-state index contributed by atoms with van der Waals surface area (Å²) >= 11 is 0. The van der Waals surface area contributed by atoms with E-state index < -0.39 is 0 Å². The standard InChI is InChI=1S/C10H14O2.2C2H6/c1-7-5-9(3-4-11)6-8(2)10(7)12;2*1-2/h5-6,11-12H,3-4H2,1-2H3;2*1-2H3. The summed E-state index contributed by atoms with van der Waals surface area (Å²) in [5.41, 5.74) is 2.82. The SMILES string of the molecule is CC.CC.Cc1cc(CCO)cc(C)c1O. The molecule has 0 aromatic heterocycles. The van der Waals surface area contributed by atoms with Crippen molar-refractivity contribution in [1.82, 2.24) is 0 Å². The lowest BCUT2D eigenvalue weighted by atomic mass is 10.0. The summed E-state index contributed by atoms with van der Waals surface area (Å²) in [5, 5.41) is 18.1. The number of rotatable bonds is 2. The molecule has 1 rings (SSSR count). The van der Waals surface area contributed by atoms with E-state index in [1.807, 2.05) is 53.7 Å². The Labute approximate surface area is 100.0 Å². The van der Waals surface area contributed by atoms with Gasteiger partial charge in [0.25, 0.3) is 0 Å². The first kappa shape index (κ1) is 17.4. The summed E-state index contributed by atoms with van der Waals surface area (Å²) in [6, 6.07) is 3.80. The highest BCUT2D eigenvalue weighted by atomic mass is 16.3. The normalized spacial score (nSPS) is 8.44. The van der Waals surface area contributed by atoms with E-state index in [1.54, 1.807) is 0 Å². The molecule has 16 heavy (non-hydrogen) atoms. The third-order valence-electron chi connectivity index (χ3n) is 1.95. The van der Waals surface area contributed by atoms with E-state index in [0.717, 1.165) is 16.7 Å². The van der Waals surface area contributed by atoms with Gasteiger partial charge in [-0.1, -0.05) is 39.8 Å². The number of benzene rings is 1. The summed E-state index contributed by atoms with van der Waals surface area (Å²) in [5.74, 6) is 0.358.